The average Bonchev–Trinajstić information content (AvgIpc) is 2.90. The Labute approximate surface area is 149 Å². The summed E-state index contributed by atoms with van der Waals surface area (Å²) in [6.07, 6.45) is 1.98. The van der Waals surface area contributed by atoms with E-state index in [4.69, 9.17) is 0 Å². The molecule has 9 heteroatoms. The molecule has 2 heterocycles. The molecule has 7 nitrogen and oxygen atoms in total. The van der Waals surface area contributed by atoms with Gasteiger partial charge >= 0.3 is 0 Å². The van der Waals surface area contributed by atoms with Crippen molar-refractivity contribution in [3.05, 3.63) is 0 Å². The molecule has 0 aromatic heterocycles. The highest BCUT2D eigenvalue weighted by atomic mass is 32.2. The summed E-state index contributed by atoms with van der Waals surface area (Å²) in [6.45, 7) is 4.64. The van der Waals surface area contributed by atoms with Gasteiger partial charge in [-0.15, -0.1) is 0 Å². The van der Waals surface area contributed by atoms with Gasteiger partial charge in [0.05, 0.1) is 11.5 Å². The molecule has 2 fully saturated rings. The van der Waals surface area contributed by atoms with Crippen molar-refractivity contribution < 1.29 is 13.2 Å². The number of carbonyl (C=O) groups excluding carboxylic acids is 1. The molecule has 0 aliphatic carbocycles. The second-order valence-corrected chi connectivity index (χ2v) is 9.88. The van der Waals surface area contributed by atoms with Crippen LogP contribution in [0.2, 0.25) is 0 Å². The summed E-state index contributed by atoms with van der Waals surface area (Å²) in [5.74, 6) is 2.06. The SMILES string of the molecule is CCC1CN(C(=NC)NCCC(=O)NC2CCS(=O)(=O)C2)CCS1. The van der Waals surface area contributed by atoms with Crippen LogP contribution in [0.1, 0.15) is 26.2 Å². The first-order chi connectivity index (χ1) is 11.4. The van der Waals surface area contributed by atoms with Gasteiger partial charge in [0.1, 0.15) is 0 Å². The molecule has 2 atom stereocenters. The molecule has 2 saturated heterocycles. The van der Waals surface area contributed by atoms with Gasteiger partial charge in [-0.1, -0.05) is 6.92 Å². The molecule has 0 spiro atoms. The second-order valence-electron chi connectivity index (χ2n) is 6.24. The Morgan fingerprint density at radius 1 is 1.42 bits per heavy atom. The van der Waals surface area contributed by atoms with E-state index in [0.29, 0.717) is 24.6 Å². The van der Waals surface area contributed by atoms with Gasteiger partial charge in [0.15, 0.2) is 15.8 Å². The number of amides is 1. The largest absolute Gasteiger partial charge is 0.356 e. The van der Waals surface area contributed by atoms with Crippen molar-refractivity contribution in [1.29, 1.82) is 0 Å². The first-order valence-corrected chi connectivity index (χ1v) is 11.4. The molecule has 138 valence electrons. The molecule has 0 saturated carbocycles. The summed E-state index contributed by atoms with van der Waals surface area (Å²) < 4.78 is 22.8. The van der Waals surface area contributed by atoms with Gasteiger partial charge in [-0.3, -0.25) is 9.79 Å². The van der Waals surface area contributed by atoms with Crippen LogP contribution in [-0.2, 0) is 14.6 Å². The highest BCUT2D eigenvalue weighted by Gasteiger charge is 2.28. The third kappa shape index (κ3) is 5.84. The van der Waals surface area contributed by atoms with E-state index >= 15 is 0 Å². The van der Waals surface area contributed by atoms with E-state index in [-0.39, 0.29) is 23.5 Å². The smallest absolute Gasteiger partial charge is 0.222 e. The summed E-state index contributed by atoms with van der Waals surface area (Å²) >= 11 is 2.00. The molecule has 2 N–H and O–H groups in total. The summed E-state index contributed by atoms with van der Waals surface area (Å²) in [5.41, 5.74) is 0. The highest BCUT2D eigenvalue weighted by Crippen LogP contribution is 2.20. The van der Waals surface area contributed by atoms with Crippen molar-refractivity contribution >= 4 is 33.5 Å². The normalized spacial score (nSPS) is 27.1. The first-order valence-electron chi connectivity index (χ1n) is 8.50. The minimum Gasteiger partial charge on any atom is -0.356 e. The minimum atomic E-state index is -2.96. The number of hydrogen-bond acceptors (Lipinski definition) is 5. The van der Waals surface area contributed by atoms with E-state index < -0.39 is 9.84 Å². The van der Waals surface area contributed by atoms with E-state index in [1.54, 1.807) is 7.05 Å². The summed E-state index contributed by atoms with van der Waals surface area (Å²) in [7, 11) is -1.20. The maximum absolute atomic E-state index is 12.0. The molecule has 0 aromatic carbocycles. The van der Waals surface area contributed by atoms with Crippen LogP contribution in [0, 0.1) is 0 Å². The van der Waals surface area contributed by atoms with Crippen molar-refractivity contribution in [2.45, 2.75) is 37.5 Å². The Morgan fingerprint density at radius 3 is 2.83 bits per heavy atom. The summed E-state index contributed by atoms with van der Waals surface area (Å²) in [5, 5.41) is 6.68. The molecular weight excluding hydrogens is 348 g/mol. The zero-order valence-electron chi connectivity index (χ0n) is 14.5. The zero-order valence-corrected chi connectivity index (χ0v) is 16.1. The third-order valence-electron chi connectivity index (χ3n) is 4.34. The number of nitrogens with one attached hydrogen (secondary N) is 2. The minimum absolute atomic E-state index is 0.0672. The van der Waals surface area contributed by atoms with Crippen molar-refractivity contribution in [3.63, 3.8) is 0 Å². The topological polar surface area (TPSA) is 90.9 Å². The lowest BCUT2D eigenvalue weighted by Crippen LogP contribution is -2.48. The van der Waals surface area contributed by atoms with E-state index in [1.165, 1.54) is 0 Å². The highest BCUT2D eigenvalue weighted by molar-refractivity contribution is 8.00. The van der Waals surface area contributed by atoms with Crippen LogP contribution in [0.3, 0.4) is 0 Å². The van der Waals surface area contributed by atoms with Gasteiger partial charge in [0.25, 0.3) is 0 Å². The van der Waals surface area contributed by atoms with Gasteiger partial charge in [0, 0.05) is 50.1 Å². The molecular formula is C15H28N4O3S2. The summed E-state index contributed by atoms with van der Waals surface area (Å²) in [6, 6.07) is -0.230. The van der Waals surface area contributed by atoms with Crippen LogP contribution in [0.15, 0.2) is 4.99 Å². The van der Waals surface area contributed by atoms with Crippen LogP contribution in [0.5, 0.6) is 0 Å². The van der Waals surface area contributed by atoms with Gasteiger partial charge in [0.2, 0.25) is 5.91 Å². The fraction of sp³-hybridized carbons (Fsp3) is 0.867. The van der Waals surface area contributed by atoms with Crippen LogP contribution >= 0.6 is 11.8 Å². The predicted octanol–water partition coefficient (Wildman–Crippen LogP) is 0.0826. The molecule has 0 aromatic rings. The molecule has 1 amide bonds. The van der Waals surface area contributed by atoms with Crippen molar-refractivity contribution in [3.8, 4) is 0 Å². The Hall–Kier alpha value is -0.960. The standard InChI is InChI=1S/C15H28N4O3S2/c1-3-13-10-19(7-8-23-13)15(16-2)17-6-4-14(20)18-12-5-9-24(21,22)11-12/h12-13H,3-11H2,1-2H3,(H,16,17)(H,18,20). The van der Waals surface area contributed by atoms with E-state index in [1.807, 2.05) is 11.8 Å². The number of hydrogen-bond donors (Lipinski definition) is 2. The van der Waals surface area contributed by atoms with Gasteiger partial charge in [-0.25, -0.2) is 8.42 Å². The lowest BCUT2D eigenvalue weighted by atomic mass is 10.2. The van der Waals surface area contributed by atoms with Gasteiger partial charge in [-0.05, 0) is 12.8 Å². The lowest BCUT2D eigenvalue weighted by molar-refractivity contribution is -0.121. The van der Waals surface area contributed by atoms with E-state index in [9.17, 15) is 13.2 Å². The van der Waals surface area contributed by atoms with Crippen LogP contribution in [0.25, 0.3) is 0 Å². The Kier molecular flexibility index (Phi) is 7.21. The molecule has 2 unspecified atom stereocenters. The molecule has 24 heavy (non-hydrogen) atoms. The zero-order chi connectivity index (χ0) is 17.6. The van der Waals surface area contributed by atoms with Crippen molar-refractivity contribution in [1.82, 2.24) is 15.5 Å². The van der Waals surface area contributed by atoms with Crippen molar-refractivity contribution in [2.24, 2.45) is 4.99 Å². The molecule has 0 bridgehead atoms. The fourth-order valence-corrected chi connectivity index (χ4v) is 5.84. The monoisotopic (exact) mass is 376 g/mol. The molecule has 2 aliphatic rings. The molecule has 2 aliphatic heterocycles. The average molecular weight is 377 g/mol. The number of rotatable bonds is 5. The van der Waals surface area contributed by atoms with E-state index in [2.05, 4.69) is 27.4 Å². The molecule has 2 rings (SSSR count). The quantitative estimate of drug-likeness (QED) is 0.522. The van der Waals surface area contributed by atoms with Crippen LogP contribution in [0.4, 0.5) is 0 Å². The first kappa shape index (κ1) is 19.4. The number of thioether (sulfide) groups is 1. The summed E-state index contributed by atoms with van der Waals surface area (Å²) in [4.78, 5) is 18.5. The predicted molar refractivity (Wildman–Crippen MR) is 99.3 cm³/mol. The third-order valence-corrected chi connectivity index (χ3v) is 7.48. The van der Waals surface area contributed by atoms with Crippen LogP contribution in [-0.4, -0.2) is 80.4 Å². The number of guanidine groups is 1. The van der Waals surface area contributed by atoms with Gasteiger partial charge < -0.3 is 15.5 Å². The van der Waals surface area contributed by atoms with Crippen molar-refractivity contribution in [2.75, 3.05) is 43.9 Å². The number of nitrogens with zero attached hydrogens (tertiary/aromatic N) is 2. The van der Waals surface area contributed by atoms with E-state index in [0.717, 1.165) is 31.2 Å². The number of carbonyl (C=O) groups is 1. The Morgan fingerprint density at radius 2 is 2.21 bits per heavy atom. The maximum Gasteiger partial charge on any atom is 0.222 e. The Balaban J connectivity index is 1.71. The van der Waals surface area contributed by atoms with Crippen LogP contribution < -0.4 is 10.6 Å². The lowest BCUT2D eigenvalue weighted by Gasteiger charge is -2.34. The maximum atomic E-state index is 12.0. The Bertz CT molecular complexity index is 565. The van der Waals surface area contributed by atoms with Gasteiger partial charge in [-0.2, -0.15) is 11.8 Å². The number of aliphatic imine (C=N–C) groups is 1. The second kappa shape index (κ2) is 8.94. The number of sulfone groups is 1. The molecule has 0 radical (unpaired) electrons. The fourth-order valence-electron chi connectivity index (χ4n) is 2.99.